The van der Waals surface area contributed by atoms with Crippen molar-refractivity contribution in [1.82, 2.24) is 19.9 Å². The SMILES string of the molecule is Cc1cc(C(=O)N2CC[C@@](O)(c3cn(C(C)C)nn3)C2)c(C)o1. The van der Waals surface area contributed by atoms with Crippen LogP contribution >= 0.6 is 0 Å². The van der Waals surface area contributed by atoms with Crippen LogP contribution in [0.25, 0.3) is 0 Å². The summed E-state index contributed by atoms with van der Waals surface area (Å²) < 4.78 is 7.14. The fourth-order valence-corrected chi connectivity index (χ4v) is 2.93. The molecule has 0 radical (unpaired) electrons. The van der Waals surface area contributed by atoms with Gasteiger partial charge in [-0.1, -0.05) is 5.21 Å². The molecule has 3 heterocycles. The summed E-state index contributed by atoms with van der Waals surface area (Å²) in [5.74, 6) is 1.19. The first-order valence-electron chi connectivity index (χ1n) is 7.81. The average Bonchev–Trinajstić information content (AvgIpc) is 3.17. The van der Waals surface area contributed by atoms with E-state index in [1.165, 1.54) is 0 Å². The monoisotopic (exact) mass is 318 g/mol. The van der Waals surface area contributed by atoms with Gasteiger partial charge in [0.2, 0.25) is 0 Å². The zero-order chi connectivity index (χ0) is 16.8. The van der Waals surface area contributed by atoms with E-state index in [-0.39, 0.29) is 18.5 Å². The quantitative estimate of drug-likeness (QED) is 0.933. The summed E-state index contributed by atoms with van der Waals surface area (Å²) in [6.07, 6.45) is 2.21. The molecule has 124 valence electrons. The van der Waals surface area contributed by atoms with Crippen LogP contribution in [0.15, 0.2) is 16.7 Å². The molecule has 1 atom stereocenters. The summed E-state index contributed by atoms with van der Waals surface area (Å²) in [6, 6.07) is 1.92. The predicted octanol–water partition coefficient (Wildman–Crippen LogP) is 1.80. The maximum absolute atomic E-state index is 12.6. The Morgan fingerprint density at radius 1 is 1.43 bits per heavy atom. The molecule has 1 aliphatic heterocycles. The van der Waals surface area contributed by atoms with Gasteiger partial charge in [-0.3, -0.25) is 4.79 Å². The lowest BCUT2D eigenvalue weighted by Crippen LogP contribution is -2.34. The van der Waals surface area contributed by atoms with Gasteiger partial charge >= 0.3 is 0 Å². The van der Waals surface area contributed by atoms with Crippen molar-refractivity contribution < 1.29 is 14.3 Å². The number of hydrogen-bond acceptors (Lipinski definition) is 5. The number of β-amino-alcohol motifs (C(OH)–C–C–N with tert-alkyl or cyclic N) is 1. The fourth-order valence-electron chi connectivity index (χ4n) is 2.93. The Labute approximate surface area is 134 Å². The second-order valence-corrected chi connectivity index (χ2v) is 6.51. The van der Waals surface area contributed by atoms with Crippen molar-refractivity contribution in [1.29, 1.82) is 0 Å². The first-order valence-corrected chi connectivity index (χ1v) is 7.81. The summed E-state index contributed by atoms with van der Waals surface area (Å²) >= 11 is 0. The number of furan rings is 1. The molecule has 1 fully saturated rings. The molecule has 0 spiro atoms. The number of likely N-dealkylation sites (tertiary alicyclic amines) is 1. The minimum atomic E-state index is -1.14. The topological polar surface area (TPSA) is 84.4 Å². The van der Waals surface area contributed by atoms with Crippen LogP contribution in [0, 0.1) is 13.8 Å². The van der Waals surface area contributed by atoms with Gasteiger partial charge in [-0.25, -0.2) is 4.68 Å². The number of nitrogens with zero attached hydrogens (tertiary/aromatic N) is 4. The normalized spacial score (nSPS) is 21.4. The van der Waals surface area contributed by atoms with Crippen LogP contribution in [0.5, 0.6) is 0 Å². The van der Waals surface area contributed by atoms with E-state index in [2.05, 4.69) is 10.3 Å². The van der Waals surface area contributed by atoms with E-state index in [1.807, 2.05) is 20.8 Å². The number of carbonyl (C=O) groups is 1. The number of amides is 1. The van der Waals surface area contributed by atoms with E-state index in [1.54, 1.807) is 28.8 Å². The molecule has 2 aromatic rings. The van der Waals surface area contributed by atoms with Crippen LogP contribution in [0.1, 0.15) is 53.9 Å². The van der Waals surface area contributed by atoms with E-state index < -0.39 is 5.60 Å². The fraction of sp³-hybridized carbons (Fsp3) is 0.562. The van der Waals surface area contributed by atoms with Crippen LogP contribution in [-0.4, -0.2) is 44.0 Å². The Hall–Kier alpha value is -2.15. The van der Waals surface area contributed by atoms with Gasteiger partial charge in [0.15, 0.2) is 0 Å². The van der Waals surface area contributed by atoms with Gasteiger partial charge in [-0.05, 0) is 33.8 Å². The molecule has 0 aliphatic carbocycles. The highest BCUT2D eigenvalue weighted by molar-refractivity contribution is 5.95. The third-order valence-electron chi connectivity index (χ3n) is 4.32. The minimum Gasteiger partial charge on any atom is -0.466 e. The Kier molecular flexibility index (Phi) is 3.75. The zero-order valence-corrected chi connectivity index (χ0v) is 13.9. The van der Waals surface area contributed by atoms with E-state index in [0.717, 1.165) is 0 Å². The number of hydrogen-bond donors (Lipinski definition) is 1. The summed E-state index contributed by atoms with van der Waals surface area (Å²) in [6.45, 7) is 8.28. The largest absolute Gasteiger partial charge is 0.466 e. The highest BCUT2D eigenvalue weighted by Gasteiger charge is 2.42. The number of aromatic nitrogens is 3. The van der Waals surface area contributed by atoms with Crippen molar-refractivity contribution in [3.8, 4) is 0 Å². The molecule has 2 aromatic heterocycles. The zero-order valence-electron chi connectivity index (χ0n) is 13.9. The van der Waals surface area contributed by atoms with Gasteiger partial charge in [0, 0.05) is 19.0 Å². The molecule has 1 aliphatic rings. The second-order valence-electron chi connectivity index (χ2n) is 6.51. The first kappa shape index (κ1) is 15.7. The van der Waals surface area contributed by atoms with Crippen molar-refractivity contribution in [2.24, 2.45) is 0 Å². The minimum absolute atomic E-state index is 0.119. The van der Waals surface area contributed by atoms with Gasteiger partial charge in [0.05, 0.1) is 18.3 Å². The molecule has 0 bridgehead atoms. The Morgan fingerprint density at radius 3 is 2.74 bits per heavy atom. The van der Waals surface area contributed by atoms with E-state index >= 15 is 0 Å². The van der Waals surface area contributed by atoms with Gasteiger partial charge in [0.1, 0.15) is 22.8 Å². The maximum atomic E-state index is 12.6. The Morgan fingerprint density at radius 2 is 2.17 bits per heavy atom. The van der Waals surface area contributed by atoms with Gasteiger partial charge in [0.25, 0.3) is 5.91 Å². The second kappa shape index (κ2) is 5.49. The lowest BCUT2D eigenvalue weighted by molar-refractivity contribution is 0.0381. The van der Waals surface area contributed by atoms with Crippen LogP contribution in [0.2, 0.25) is 0 Å². The van der Waals surface area contributed by atoms with Crippen molar-refractivity contribution >= 4 is 5.91 Å². The molecular weight excluding hydrogens is 296 g/mol. The number of carbonyl (C=O) groups excluding carboxylic acids is 1. The molecule has 23 heavy (non-hydrogen) atoms. The summed E-state index contributed by atoms with van der Waals surface area (Å²) in [4.78, 5) is 14.3. The lowest BCUT2D eigenvalue weighted by atomic mass is 10.00. The highest BCUT2D eigenvalue weighted by atomic mass is 16.3. The molecule has 1 N–H and O–H groups in total. The van der Waals surface area contributed by atoms with Gasteiger partial charge < -0.3 is 14.4 Å². The Balaban J connectivity index is 1.79. The highest BCUT2D eigenvalue weighted by Crippen LogP contribution is 2.32. The van der Waals surface area contributed by atoms with Crippen LogP contribution in [0.3, 0.4) is 0 Å². The first-order chi connectivity index (χ1) is 10.8. The van der Waals surface area contributed by atoms with Crippen LogP contribution in [-0.2, 0) is 5.60 Å². The average molecular weight is 318 g/mol. The van der Waals surface area contributed by atoms with E-state index in [9.17, 15) is 9.90 Å². The van der Waals surface area contributed by atoms with Crippen molar-refractivity contribution in [2.45, 2.75) is 45.8 Å². The molecule has 7 heteroatoms. The number of aryl methyl sites for hydroxylation is 2. The molecule has 0 aromatic carbocycles. The summed E-state index contributed by atoms with van der Waals surface area (Å²) in [5, 5.41) is 19.0. The molecule has 7 nitrogen and oxygen atoms in total. The molecule has 0 unspecified atom stereocenters. The molecular formula is C16H22N4O3. The summed E-state index contributed by atoms with van der Waals surface area (Å²) in [7, 11) is 0. The van der Waals surface area contributed by atoms with Crippen LogP contribution in [0.4, 0.5) is 0 Å². The van der Waals surface area contributed by atoms with Gasteiger partial charge in [-0.2, -0.15) is 0 Å². The standard InChI is InChI=1S/C16H22N4O3/c1-10(2)20-8-14(17-18-20)16(22)5-6-19(9-16)15(21)13-7-11(3)23-12(13)4/h7-8,10,22H,5-6,9H2,1-4H3/t16-/m0/s1. The van der Waals surface area contributed by atoms with Crippen molar-refractivity contribution in [3.63, 3.8) is 0 Å². The molecule has 0 saturated carbocycles. The Bertz CT molecular complexity index is 734. The molecule has 1 amide bonds. The maximum Gasteiger partial charge on any atom is 0.257 e. The third-order valence-corrected chi connectivity index (χ3v) is 4.32. The van der Waals surface area contributed by atoms with E-state index in [4.69, 9.17) is 4.42 Å². The van der Waals surface area contributed by atoms with E-state index in [0.29, 0.717) is 35.7 Å². The number of rotatable bonds is 3. The third kappa shape index (κ3) is 2.76. The van der Waals surface area contributed by atoms with Crippen molar-refractivity contribution in [2.75, 3.05) is 13.1 Å². The predicted molar refractivity (Wildman–Crippen MR) is 83.0 cm³/mol. The lowest BCUT2D eigenvalue weighted by Gasteiger charge is -2.21. The summed E-state index contributed by atoms with van der Waals surface area (Å²) in [5.41, 5.74) is -0.0747. The molecule has 1 saturated heterocycles. The number of aliphatic hydroxyl groups is 1. The molecule has 3 rings (SSSR count). The van der Waals surface area contributed by atoms with Crippen molar-refractivity contribution in [3.05, 3.63) is 35.0 Å². The van der Waals surface area contributed by atoms with Gasteiger partial charge in [-0.15, -0.1) is 5.10 Å². The smallest absolute Gasteiger partial charge is 0.257 e. The van der Waals surface area contributed by atoms with Crippen LogP contribution < -0.4 is 0 Å².